The second kappa shape index (κ2) is 7.73. The molecule has 10 heteroatoms. The van der Waals surface area contributed by atoms with Crippen molar-refractivity contribution in [1.82, 2.24) is 25.2 Å². The smallest absolute Gasteiger partial charge is 0.245 e. The van der Waals surface area contributed by atoms with E-state index in [1.807, 2.05) is 16.7 Å². The molecule has 5 rings (SSSR count). The standard InChI is InChI=1S/C18H25N7O2S/c26-14-4-2-5-24(14)11-13-3-1-6-25(12-13)18-17(23-7-9-28-10-8-23)19-15-16(20-18)22-27-21-15/h13H,1-12H2/t13-/m1/s1. The summed E-state index contributed by atoms with van der Waals surface area (Å²) < 4.78 is 4.86. The van der Waals surface area contributed by atoms with Gasteiger partial charge in [-0.25, -0.2) is 14.6 Å². The third kappa shape index (κ3) is 3.49. The second-order valence-corrected chi connectivity index (χ2v) is 9.00. The van der Waals surface area contributed by atoms with Crippen molar-refractivity contribution in [2.75, 3.05) is 60.6 Å². The number of hydrogen-bond acceptors (Lipinski definition) is 9. The maximum Gasteiger partial charge on any atom is 0.245 e. The molecule has 0 unspecified atom stereocenters. The van der Waals surface area contributed by atoms with Gasteiger partial charge >= 0.3 is 0 Å². The highest BCUT2D eigenvalue weighted by Crippen LogP contribution is 2.32. The van der Waals surface area contributed by atoms with Crippen molar-refractivity contribution in [3.8, 4) is 0 Å². The first-order chi connectivity index (χ1) is 13.8. The zero-order chi connectivity index (χ0) is 18.9. The van der Waals surface area contributed by atoms with Crippen LogP contribution in [0.1, 0.15) is 25.7 Å². The van der Waals surface area contributed by atoms with Gasteiger partial charge in [-0.1, -0.05) is 0 Å². The number of rotatable bonds is 4. The van der Waals surface area contributed by atoms with Crippen molar-refractivity contribution in [2.45, 2.75) is 25.7 Å². The molecule has 2 aromatic heterocycles. The fourth-order valence-corrected chi connectivity index (χ4v) is 5.34. The fraction of sp³-hybridized carbons (Fsp3) is 0.722. The third-order valence-electron chi connectivity index (χ3n) is 5.86. The number of aromatic nitrogens is 4. The summed E-state index contributed by atoms with van der Waals surface area (Å²) in [5.74, 6) is 4.73. The Morgan fingerprint density at radius 2 is 1.71 bits per heavy atom. The quantitative estimate of drug-likeness (QED) is 0.751. The maximum atomic E-state index is 12.0. The molecule has 0 aliphatic carbocycles. The number of carbonyl (C=O) groups is 1. The van der Waals surface area contributed by atoms with E-state index in [0.29, 0.717) is 29.5 Å². The van der Waals surface area contributed by atoms with Crippen molar-refractivity contribution in [2.24, 2.45) is 5.92 Å². The van der Waals surface area contributed by atoms with Crippen LogP contribution in [0.25, 0.3) is 11.3 Å². The largest absolute Gasteiger partial charge is 0.353 e. The Kier molecular flexibility index (Phi) is 4.96. The Labute approximate surface area is 167 Å². The normalized spacial score (nSPS) is 23.8. The second-order valence-electron chi connectivity index (χ2n) is 7.78. The molecule has 0 saturated carbocycles. The SMILES string of the molecule is O=C1CCCN1C[C@H]1CCCN(c2nc3nonc3nc2N2CCSCC2)C1. The molecule has 150 valence electrons. The molecule has 1 atom stereocenters. The van der Waals surface area contributed by atoms with Crippen LogP contribution in [0.2, 0.25) is 0 Å². The highest BCUT2D eigenvalue weighted by molar-refractivity contribution is 7.99. The van der Waals surface area contributed by atoms with E-state index in [2.05, 4.69) is 20.1 Å². The van der Waals surface area contributed by atoms with Crippen molar-refractivity contribution >= 4 is 40.6 Å². The lowest BCUT2D eigenvalue weighted by Gasteiger charge is -2.37. The monoisotopic (exact) mass is 403 g/mol. The van der Waals surface area contributed by atoms with E-state index in [0.717, 1.165) is 81.7 Å². The van der Waals surface area contributed by atoms with Crippen molar-refractivity contribution in [1.29, 1.82) is 0 Å². The van der Waals surface area contributed by atoms with Gasteiger partial charge in [0.1, 0.15) is 0 Å². The molecule has 9 nitrogen and oxygen atoms in total. The first-order valence-corrected chi connectivity index (χ1v) is 11.3. The topological polar surface area (TPSA) is 91.5 Å². The van der Waals surface area contributed by atoms with Gasteiger partial charge in [0, 0.05) is 57.2 Å². The summed E-state index contributed by atoms with van der Waals surface area (Å²) >= 11 is 1.97. The molecule has 5 heterocycles. The third-order valence-corrected chi connectivity index (χ3v) is 6.80. The number of thioether (sulfide) groups is 1. The van der Waals surface area contributed by atoms with Gasteiger partial charge < -0.3 is 14.7 Å². The number of amides is 1. The summed E-state index contributed by atoms with van der Waals surface area (Å²) in [7, 11) is 0. The molecular weight excluding hydrogens is 378 g/mol. The van der Waals surface area contributed by atoms with Crippen LogP contribution < -0.4 is 9.80 Å². The van der Waals surface area contributed by atoms with E-state index < -0.39 is 0 Å². The van der Waals surface area contributed by atoms with Crippen LogP contribution in [0, 0.1) is 5.92 Å². The Morgan fingerprint density at radius 1 is 0.964 bits per heavy atom. The molecule has 3 aliphatic heterocycles. The van der Waals surface area contributed by atoms with E-state index in [1.54, 1.807) is 0 Å². The minimum absolute atomic E-state index is 0.304. The minimum atomic E-state index is 0.304. The molecule has 0 aromatic carbocycles. The lowest BCUT2D eigenvalue weighted by atomic mass is 9.97. The molecule has 28 heavy (non-hydrogen) atoms. The summed E-state index contributed by atoms with van der Waals surface area (Å²) in [4.78, 5) is 28.2. The molecule has 3 aliphatic rings. The highest BCUT2D eigenvalue weighted by Gasteiger charge is 2.30. The van der Waals surface area contributed by atoms with Crippen molar-refractivity contribution in [3.63, 3.8) is 0 Å². The molecule has 3 saturated heterocycles. The Morgan fingerprint density at radius 3 is 2.43 bits per heavy atom. The van der Waals surface area contributed by atoms with E-state index in [-0.39, 0.29) is 0 Å². The van der Waals surface area contributed by atoms with Gasteiger partial charge in [-0.15, -0.1) is 0 Å². The van der Waals surface area contributed by atoms with Gasteiger partial charge in [-0.05, 0) is 35.5 Å². The minimum Gasteiger partial charge on any atom is -0.353 e. The fourth-order valence-electron chi connectivity index (χ4n) is 4.44. The van der Waals surface area contributed by atoms with Gasteiger partial charge in [-0.3, -0.25) is 4.79 Å². The maximum absolute atomic E-state index is 12.0. The predicted octanol–water partition coefficient (Wildman–Crippen LogP) is 1.40. The van der Waals surface area contributed by atoms with Gasteiger partial charge in [-0.2, -0.15) is 11.8 Å². The molecule has 2 aromatic rings. The highest BCUT2D eigenvalue weighted by atomic mass is 32.2. The first-order valence-electron chi connectivity index (χ1n) is 10.1. The van der Waals surface area contributed by atoms with Crippen molar-refractivity contribution in [3.05, 3.63) is 0 Å². The van der Waals surface area contributed by atoms with E-state index in [1.165, 1.54) is 0 Å². The van der Waals surface area contributed by atoms with Gasteiger partial charge in [0.15, 0.2) is 11.6 Å². The number of fused-ring (bicyclic) bond motifs is 1. The van der Waals surface area contributed by atoms with Crippen LogP contribution in [0.15, 0.2) is 4.63 Å². The van der Waals surface area contributed by atoms with Crippen LogP contribution in [0.5, 0.6) is 0 Å². The van der Waals surface area contributed by atoms with E-state index in [4.69, 9.17) is 14.6 Å². The summed E-state index contributed by atoms with van der Waals surface area (Å²) in [5.41, 5.74) is 0.926. The molecule has 0 spiro atoms. The Hall–Kier alpha value is -2.10. The van der Waals surface area contributed by atoms with Crippen molar-refractivity contribution < 1.29 is 9.42 Å². The van der Waals surface area contributed by atoms with Crippen LogP contribution in [-0.4, -0.2) is 81.9 Å². The summed E-state index contributed by atoms with van der Waals surface area (Å²) in [6, 6.07) is 0. The zero-order valence-corrected chi connectivity index (χ0v) is 16.7. The van der Waals surface area contributed by atoms with Gasteiger partial charge in [0.2, 0.25) is 17.2 Å². The average Bonchev–Trinajstić information content (AvgIpc) is 3.36. The number of nitrogens with zero attached hydrogens (tertiary/aromatic N) is 7. The molecule has 1 amide bonds. The number of anilines is 2. The van der Waals surface area contributed by atoms with Gasteiger partial charge in [0.25, 0.3) is 0 Å². The van der Waals surface area contributed by atoms with Crippen LogP contribution in [-0.2, 0) is 4.79 Å². The van der Waals surface area contributed by atoms with Crippen LogP contribution in [0.3, 0.4) is 0 Å². The van der Waals surface area contributed by atoms with Crippen LogP contribution in [0.4, 0.5) is 11.6 Å². The van der Waals surface area contributed by atoms with Gasteiger partial charge in [0.05, 0.1) is 0 Å². The molecule has 0 radical (unpaired) electrons. The lowest BCUT2D eigenvalue weighted by molar-refractivity contribution is -0.128. The summed E-state index contributed by atoms with van der Waals surface area (Å²) in [6.07, 6.45) is 3.94. The number of carbonyl (C=O) groups excluding carboxylic acids is 1. The Balaban J connectivity index is 1.41. The van der Waals surface area contributed by atoms with E-state index in [9.17, 15) is 4.79 Å². The summed E-state index contributed by atoms with van der Waals surface area (Å²) in [5, 5.41) is 7.81. The molecular formula is C18H25N7O2S. The first kappa shape index (κ1) is 18.0. The molecule has 0 N–H and O–H groups in total. The average molecular weight is 404 g/mol. The molecule has 3 fully saturated rings. The van der Waals surface area contributed by atoms with Crippen LogP contribution >= 0.6 is 11.8 Å². The Bertz CT molecular complexity index is 854. The predicted molar refractivity (Wildman–Crippen MR) is 108 cm³/mol. The molecule has 0 bridgehead atoms. The zero-order valence-electron chi connectivity index (χ0n) is 15.9. The summed E-state index contributed by atoms with van der Waals surface area (Å²) in [6.45, 7) is 5.52. The van der Waals surface area contributed by atoms with E-state index >= 15 is 0 Å². The number of likely N-dealkylation sites (tertiary alicyclic amines) is 1. The number of piperidine rings is 1. The lowest BCUT2D eigenvalue weighted by Crippen LogP contribution is -2.43. The number of hydrogen-bond donors (Lipinski definition) is 0.